The summed E-state index contributed by atoms with van der Waals surface area (Å²) in [5.41, 5.74) is -0.570. The van der Waals surface area contributed by atoms with Crippen molar-refractivity contribution in [3.05, 3.63) is 29.8 Å². The Bertz CT molecular complexity index is 695. The minimum Gasteiger partial charge on any atom is -0.481 e. The van der Waals surface area contributed by atoms with Crippen molar-refractivity contribution in [1.29, 1.82) is 0 Å². The van der Waals surface area contributed by atoms with Gasteiger partial charge in [-0.1, -0.05) is 12.1 Å². The first-order valence-corrected chi connectivity index (χ1v) is 8.45. The monoisotopic (exact) mass is 371 g/mol. The van der Waals surface area contributed by atoms with E-state index in [1.807, 2.05) is 0 Å². The van der Waals surface area contributed by atoms with E-state index in [0.29, 0.717) is 25.9 Å². The van der Waals surface area contributed by atoms with Gasteiger partial charge in [0.25, 0.3) is 0 Å². The standard InChI is InChI=1S/C17H20F3N3O3/c18-17(19,20)13-3-1-2-4-14(13)22-8-6-12(10-22)21-16(26)23-7-5-11(9-23)15(24)25/h1-4,11-12H,5-10H2,(H,21,26)(H,24,25). The normalized spacial score (nSPS) is 23.3. The van der Waals surface area contributed by atoms with Gasteiger partial charge in [-0.3, -0.25) is 4.79 Å². The van der Waals surface area contributed by atoms with Crippen LogP contribution in [0.2, 0.25) is 0 Å². The minimum absolute atomic E-state index is 0.115. The van der Waals surface area contributed by atoms with Crippen LogP contribution in [0.1, 0.15) is 18.4 Å². The number of nitrogens with one attached hydrogen (secondary N) is 1. The van der Waals surface area contributed by atoms with Crippen LogP contribution in [-0.2, 0) is 11.0 Å². The Morgan fingerprint density at radius 2 is 1.85 bits per heavy atom. The molecule has 2 fully saturated rings. The quantitative estimate of drug-likeness (QED) is 0.856. The Morgan fingerprint density at radius 1 is 1.12 bits per heavy atom. The molecule has 3 rings (SSSR count). The van der Waals surface area contributed by atoms with Gasteiger partial charge >= 0.3 is 18.2 Å². The first kappa shape index (κ1) is 18.3. The number of amides is 2. The van der Waals surface area contributed by atoms with Crippen molar-refractivity contribution in [3.63, 3.8) is 0 Å². The molecule has 2 aliphatic rings. The molecule has 9 heteroatoms. The fraction of sp³-hybridized carbons (Fsp3) is 0.529. The molecule has 2 amide bonds. The van der Waals surface area contributed by atoms with Crippen LogP contribution in [-0.4, -0.2) is 54.2 Å². The van der Waals surface area contributed by atoms with Crippen molar-refractivity contribution in [2.75, 3.05) is 31.1 Å². The van der Waals surface area contributed by atoms with E-state index < -0.39 is 23.6 Å². The van der Waals surface area contributed by atoms with Gasteiger partial charge in [0.2, 0.25) is 0 Å². The molecular formula is C17H20F3N3O3. The zero-order valence-corrected chi connectivity index (χ0v) is 14.0. The summed E-state index contributed by atoms with van der Waals surface area (Å²) in [6.07, 6.45) is -3.48. The van der Waals surface area contributed by atoms with Crippen LogP contribution in [0.4, 0.5) is 23.7 Å². The summed E-state index contributed by atoms with van der Waals surface area (Å²) >= 11 is 0. The molecule has 2 aliphatic heterocycles. The molecule has 1 aromatic rings. The summed E-state index contributed by atoms with van der Waals surface area (Å²) in [5.74, 6) is -1.48. The Kier molecular flexibility index (Phi) is 4.97. The number of para-hydroxylation sites is 1. The van der Waals surface area contributed by atoms with Crippen LogP contribution in [0, 0.1) is 5.92 Å². The fourth-order valence-corrected chi connectivity index (χ4v) is 3.50. The number of nitrogens with zero attached hydrogens (tertiary/aromatic N) is 2. The van der Waals surface area contributed by atoms with E-state index in [1.54, 1.807) is 11.0 Å². The molecule has 1 aromatic carbocycles. The van der Waals surface area contributed by atoms with E-state index >= 15 is 0 Å². The minimum atomic E-state index is -4.43. The summed E-state index contributed by atoms with van der Waals surface area (Å²) in [7, 11) is 0. The largest absolute Gasteiger partial charge is 0.481 e. The van der Waals surface area contributed by atoms with Crippen LogP contribution in [0.25, 0.3) is 0 Å². The maximum Gasteiger partial charge on any atom is 0.418 e. The molecule has 0 spiro atoms. The molecule has 6 nitrogen and oxygen atoms in total. The second-order valence-electron chi connectivity index (χ2n) is 6.67. The molecule has 0 saturated carbocycles. The lowest BCUT2D eigenvalue weighted by atomic mass is 10.1. The van der Waals surface area contributed by atoms with Crippen molar-refractivity contribution in [2.45, 2.75) is 25.1 Å². The van der Waals surface area contributed by atoms with Gasteiger partial charge in [-0.2, -0.15) is 13.2 Å². The predicted octanol–water partition coefficient (Wildman–Crippen LogP) is 2.40. The smallest absolute Gasteiger partial charge is 0.418 e. The van der Waals surface area contributed by atoms with Gasteiger partial charge in [-0.25, -0.2) is 4.79 Å². The van der Waals surface area contributed by atoms with Crippen LogP contribution in [0.3, 0.4) is 0 Å². The molecule has 26 heavy (non-hydrogen) atoms. The molecule has 2 N–H and O–H groups in total. The van der Waals surface area contributed by atoms with Gasteiger partial charge < -0.3 is 20.2 Å². The average Bonchev–Trinajstić information content (AvgIpc) is 3.23. The number of carboxylic acid groups (broad SMARTS) is 1. The van der Waals surface area contributed by atoms with Crippen molar-refractivity contribution in [3.8, 4) is 0 Å². The molecule has 0 aliphatic carbocycles. The number of halogens is 3. The van der Waals surface area contributed by atoms with Crippen molar-refractivity contribution in [2.24, 2.45) is 5.92 Å². The third-order valence-corrected chi connectivity index (χ3v) is 4.89. The summed E-state index contributed by atoms with van der Waals surface area (Å²) in [6, 6.07) is 4.78. The number of likely N-dealkylation sites (tertiary alicyclic amines) is 1. The highest BCUT2D eigenvalue weighted by Crippen LogP contribution is 2.37. The number of benzene rings is 1. The fourth-order valence-electron chi connectivity index (χ4n) is 3.50. The topological polar surface area (TPSA) is 72.9 Å². The van der Waals surface area contributed by atoms with Crippen LogP contribution in [0.15, 0.2) is 24.3 Å². The summed E-state index contributed by atoms with van der Waals surface area (Å²) in [4.78, 5) is 26.3. The first-order valence-electron chi connectivity index (χ1n) is 8.45. The Hall–Kier alpha value is -2.45. The van der Waals surface area contributed by atoms with Crippen LogP contribution < -0.4 is 10.2 Å². The third kappa shape index (κ3) is 3.86. The molecule has 2 unspecified atom stereocenters. The number of anilines is 1. The zero-order chi connectivity index (χ0) is 18.9. The van der Waals surface area contributed by atoms with E-state index in [9.17, 15) is 22.8 Å². The predicted molar refractivity (Wildman–Crippen MR) is 87.9 cm³/mol. The van der Waals surface area contributed by atoms with Crippen LogP contribution >= 0.6 is 0 Å². The van der Waals surface area contributed by atoms with E-state index in [0.717, 1.165) is 6.07 Å². The number of carboxylic acids is 1. The Balaban J connectivity index is 1.60. The van der Waals surface area contributed by atoms with Crippen molar-refractivity contribution < 1.29 is 27.9 Å². The SMILES string of the molecule is O=C(O)C1CCN(C(=O)NC2CCN(c3ccccc3C(F)(F)F)C2)C1. The van der Waals surface area contributed by atoms with Crippen LogP contribution in [0.5, 0.6) is 0 Å². The Labute approximate surface area is 148 Å². The van der Waals surface area contributed by atoms with E-state index in [4.69, 9.17) is 5.11 Å². The molecule has 2 saturated heterocycles. The number of alkyl halides is 3. The zero-order valence-electron chi connectivity index (χ0n) is 14.0. The highest BCUT2D eigenvalue weighted by Gasteiger charge is 2.37. The average molecular weight is 371 g/mol. The lowest BCUT2D eigenvalue weighted by Crippen LogP contribution is -2.45. The summed E-state index contributed by atoms with van der Waals surface area (Å²) in [6.45, 7) is 1.23. The molecule has 142 valence electrons. The second-order valence-corrected chi connectivity index (χ2v) is 6.67. The van der Waals surface area contributed by atoms with E-state index in [1.165, 1.54) is 17.0 Å². The number of rotatable bonds is 3. The molecule has 0 bridgehead atoms. The number of aliphatic carboxylic acids is 1. The lowest BCUT2D eigenvalue weighted by Gasteiger charge is -2.24. The summed E-state index contributed by atoms with van der Waals surface area (Å²) < 4.78 is 39.5. The van der Waals surface area contributed by atoms with Gasteiger partial charge in [-0.15, -0.1) is 0 Å². The lowest BCUT2D eigenvalue weighted by molar-refractivity contribution is -0.141. The maximum atomic E-state index is 13.2. The number of carbonyl (C=O) groups excluding carboxylic acids is 1. The van der Waals surface area contributed by atoms with Gasteiger partial charge in [0.05, 0.1) is 11.5 Å². The second kappa shape index (κ2) is 7.05. The van der Waals surface area contributed by atoms with Gasteiger partial charge in [0.15, 0.2) is 0 Å². The van der Waals surface area contributed by atoms with Crippen molar-refractivity contribution >= 4 is 17.7 Å². The molecule has 2 atom stereocenters. The van der Waals surface area contributed by atoms with Crippen molar-refractivity contribution in [1.82, 2.24) is 10.2 Å². The number of carbonyl (C=O) groups is 2. The third-order valence-electron chi connectivity index (χ3n) is 4.89. The van der Waals surface area contributed by atoms with E-state index in [-0.39, 0.29) is 30.8 Å². The number of urea groups is 1. The molecule has 0 aromatic heterocycles. The first-order chi connectivity index (χ1) is 12.3. The number of hydrogen-bond acceptors (Lipinski definition) is 3. The maximum absolute atomic E-state index is 13.2. The molecule has 2 heterocycles. The van der Waals surface area contributed by atoms with E-state index in [2.05, 4.69) is 5.32 Å². The highest BCUT2D eigenvalue weighted by atomic mass is 19.4. The highest BCUT2D eigenvalue weighted by molar-refractivity contribution is 5.77. The molecular weight excluding hydrogens is 351 g/mol. The molecule has 0 radical (unpaired) electrons. The van der Waals surface area contributed by atoms with Gasteiger partial charge in [0.1, 0.15) is 0 Å². The Morgan fingerprint density at radius 3 is 2.50 bits per heavy atom. The summed E-state index contributed by atoms with van der Waals surface area (Å²) in [5, 5.41) is 11.8. The number of hydrogen-bond donors (Lipinski definition) is 2. The van der Waals surface area contributed by atoms with Gasteiger partial charge in [0, 0.05) is 37.9 Å². The van der Waals surface area contributed by atoms with Gasteiger partial charge in [-0.05, 0) is 25.0 Å².